The van der Waals surface area contributed by atoms with Crippen LogP contribution in [0.2, 0.25) is 0 Å². The van der Waals surface area contributed by atoms with Crippen LogP contribution in [-0.2, 0) is 11.3 Å². The van der Waals surface area contributed by atoms with Gasteiger partial charge >= 0.3 is 5.97 Å². The first-order valence-corrected chi connectivity index (χ1v) is 6.37. The second kappa shape index (κ2) is 5.84. The van der Waals surface area contributed by atoms with E-state index in [2.05, 4.69) is 24.1 Å². The second-order valence-corrected chi connectivity index (χ2v) is 4.90. The molecule has 19 heavy (non-hydrogen) atoms. The van der Waals surface area contributed by atoms with Crippen LogP contribution in [0.1, 0.15) is 29.9 Å². The minimum Gasteiger partial charge on any atom is -0.465 e. The standard InChI is InChI=1S/C14H19N3O2/c1-10(2)7-15-8-11-9-17-6-4-5-12(13(17)16-11)14(18)19-3/h4-6,9-10,15H,7-8H2,1-3H3. The van der Waals surface area contributed by atoms with E-state index in [-0.39, 0.29) is 5.97 Å². The smallest absolute Gasteiger partial charge is 0.341 e. The number of hydrogen-bond acceptors (Lipinski definition) is 4. The van der Waals surface area contributed by atoms with Crippen LogP contribution in [0.25, 0.3) is 5.65 Å². The number of imidazole rings is 1. The summed E-state index contributed by atoms with van der Waals surface area (Å²) in [6.07, 6.45) is 3.80. The summed E-state index contributed by atoms with van der Waals surface area (Å²) in [5, 5.41) is 3.33. The molecule has 2 heterocycles. The van der Waals surface area contributed by atoms with E-state index in [4.69, 9.17) is 4.74 Å². The lowest BCUT2D eigenvalue weighted by Crippen LogP contribution is -2.19. The molecule has 5 nitrogen and oxygen atoms in total. The Morgan fingerprint density at radius 1 is 1.53 bits per heavy atom. The van der Waals surface area contributed by atoms with Crippen LogP contribution in [0.5, 0.6) is 0 Å². The van der Waals surface area contributed by atoms with Crippen molar-refractivity contribution < 1.29 is 9.53 Å². The van der Waals surface area contributed by atoms with Gasteiger partial charge in [-0.25, -0.2) is 9.78 Å². The number of hydrogen-bond donors (Lipinski definition) is 1. The van der Waals surface area contributed by atoms with Gasteiger partial charge < -0.3 is 14.5 Å². The molecular formula is C14H19N3O2. The first-order valence-electron chi connectivity index (χ1n) is 6.37. The van der Waals surface area contributed by atoms with Gasteiger partial charge in [0, 0.05) is 18.9 Å². The Balaban J connectivity index is 2.22. The van der Waals surface area contributed by atoms with Crippen LogP contribution >= 0.6 is 0 Å². The lowest BCUT2D eigenvalue weighted by Gasteiger charge is -2.04. The SMILES string of the molecule is COC(=O)c1cccn2cc(CNCC(C)C)nc12. The van der Waals surface area contributed by atoms with E-state index in [9.17, 15) is 4.79 Å². The average Bonchev–Trinajstić information content (AvgIpc) is 2.79. The molecule has 0 saturated carbocycles. The molecule has 2 aromatic heterocycles. The highest BCUT2D eigenvalue weighted by molar-refractivity contribution is 5.95. The number of carbonyl (C=O) groups is 1. The van der Waals surface area contributed by atoms with Crippen LogP contribution in [0.4, 0.5) is 0 Å². The van der Waals surface area contributed by atoms with Crippen molar-refractivity contribution in [2.45, 2.75) is 20.4 Å². The summed E-state index contributed by atoms with van der Waals surface area (Å²) in [7, 11) is 1.37. The molecule has 102 valence electrons. The average molecular weight is 261 g/mol. The van der Waals surface area contributed by atoms with Gasteiger partial charge in [0.15, 0.2) is 5.65 Å². The molecule has 0 aliphatic heterocycles. The Bertz CT molecular complexity index is 575. The van der Waals surface area contributed by atoms with Crippen LogP contribution in [-0.4, -0.2) is 29.0 Å². The number of rotatable bonds is 5. The third-order valence-electron chi connectivity index (χ3n) is 2.80. The van der Waals surface area contributed by atoms with Gasteiger partial charge in [0.25, 0.3) is 0 Å². The fourth-order valence-corrected chi connectivity index (χ4v) is 1.91. The second-order valence-electron chi connectivity index (χ2n) is 4.90. The molecule has 0 fully saturated rings. The summed E-state index contributed by atoms with van der Waals surface area (Å²) < 4.78 is 6.60. The number of ether oxygens (including phenoxy) is 1. The molecule has 0 aromatic carbocycles. The van der Waals surface area contributed by atoms with Crippen molar-refractivity contribution in [2.75, 3.05) is 13.7 Å². The highest BCUT2D eigenvalue weighted by Crippen LogP contribution is 2.12. The van der Waals surface area contributed by atoms with Crippen molar-refractivity contribution in [3.63, 3.8) is 0 Å². The molecule has 0 amide bonds. The van der Waals surface area contributed by atoms with Crippen molar-refractivity contribution in [3.8, 4) is 0 Å². The van der Waals surface area contributed by atoms with Gasteiger partial charge in [-0.3, -0.25) is 0 Å². The quantitative estimate of drug-likeness (QED) is 0.835. The summed E-state index contributed by atoms with van der Waals surface area (Å²) >= 11 is 0. The van der Waals surface area contributed by atoms with E-state index in [0.29, 0.717) is 23.7 Å². The third kappa shape index (κ3) is 3.12. The van der Waals surface area contributed by atoms with Gasteiger partial charge in [0.05, 0.1) is 12.8 Å². The molecule has 0 atom stereocenters. The Morgan fingerprint density at radius 2 is 2.32 bits per heavy atom. The van der Waals surface area contributed by atoms with Crippen molar-refractivity contribution >= 4 is 11.6 Å². The monoisotopic (exact) mass is 261 g/mol. The van der Waals surface area contributed by atoms with Gasteiger partial charge in [-0.05, 0) is 24.6 Å². The highest BCUT2D eigenvalue weighted by atomic mass is 16.5. The molecule has 0 radical (unpaired) electrons. The number of carbonyl (C=O) groups excluding carboxylic acids is 1. The number of aromatic nitrogens is 2. The van der Waals surface area contributed by atoms with Crippen LogP contribution in [0, 0.1) is 5.92 Å². The molecule has 1 N–H and O–H groups in total. The first-order chi connectivity index (χ1) is 9.11. The highest BCUT2D eigenvalue weighted by Gasteiger charge is 2.13. The Morgan fingerprint density at radius 3 is 3.00 bits per heavy atom. The minimum atomic E-state index is -0.363. The summed E-state index contributed by atoms with van der Waals surface area (Å²) in [6, 6.07) is 3.53. The Kier molecular flexibility index (Phi) is 4.16. The third-order valence-corrected chi connectivity index (χ3v) is 2.80. The zero-order valence-corrected chi connectivity index (χ0v) is 11.5. The molecule has 0 aliphatic carbocycles. The summed E-state index contributed by atoms with van der Waals surface area (Å²) in [4.78, 5) is 16.1. The van der Waals surface area contributed by atoms with E-state index >= 15 is 0 Å². The fourth-order valence-electron chi connectivity index (χ4n) is 1.91. The lowest BCUT2D eigenvalue weighted by atomic mass is 10.2. The number of nitrogens with zero attached hydrogens (tertiary/aromatic N) is 2. The van der Waals surface area contributed by atoms with Gasteiger partial charge in [0.2, 0.25) is 0 Å². The summed E-state index contributed by atoms with van der Waals surface area (Å²) in [5.74, 6) is 0.237. The molecule has 0 spiro atoms. The first kappa shape index (κ1) is 13.5. The Labute approximate surface area is 112 Å². The van der Waals surface area contributed by atoms with Crippen LogP contribution in [0.15, 0.2) is 24.5 Å². The predicted molar refractivity (Wildman–Crippen MR) is 73.1 cm³/mol. The molecule has 0 unspecified atom stereocenters. The topological polar surface area (TPSA) is 55.6 Å². The molecule has 2 rings (SSSR count). The van der Waals surface area contributed by atoms with Gasteiger partial charge in [-0.2, -0.15) is 0 Å². The van der Waals surface area contributed by atoms with Crippen LogP contribution in [0.3, 0.4) is 0 Å². The molecule has 0 aliphatic rings. The number of methoxy groups -OCH3 is 1. The van der Waals surface area contributed by atoms with E-state index in [1.54, 1.807) is 6.07 Å². The number of fused-ring (bicyclic) bond motifs is 1. The number of pyridine rings is 1. The van der Waals surface area contributed by atoms with Gasteiger partial charge in [0.1, 0.15) is 5.56 Å². The number of esters is 1. The van der Waals surface area contributed by atoms with Gasteiger partial charge in [-0.15, -0.1) is 0 Å². The minimum absolute atomic E-state index is 0.363. The van der Waals surface area contributed by atoms with E-state index in [1.165, 1.54) is 7.11 Å². The molecule has 5 heteroatoms. The van der Waals surface area contributed by atoms with E-state index in [1.807, 2.05) is 22.9 Å². The summed E-state index contributed by atoms with van der Waals surface area (Å²) in [5.41, 5.74) is 2.04. The summed E-state index contributed by atoms with van der Waals surface area (Å²) in [6.45, 7) is 5.95. The predicted octanol–water partition coefficient (Wildman–Crippen LogP) is 1.87. The van der Waals surface area contributed by atoms with Crippen LogP contribution < -0.4 is 5.32 Å². The molecule has 0 saturated heterocycles. The normalized spacial score (nSPS) is 11.2. The lowest BCUT2D eigenvalue weighted by molar-refractivity contribution is 0.0602. The molecular weight excluding hydrogens is 242 g/mol. The number of nitrogens with one attached hydrogen (secondary N) is 1. The molecule has 0 bridgehead atoms. The zero-order valence-electron chi connectivity index (χ0n) is 11.5. The van der Waals surface area contributed by atoms with Crippen molar-refractivity contribution in [2.24, 2.45) is 5.92 Å². The van der Waals surface area contributed by atoms with E-state index in [0.717, 1.165) is 12.2 Å². The Hall–Kier alpha value is -1.88. The van der Waals surface area contributed by atoms with E-state index < -0.39 is 0 Å². The maximum atomic E-state index is 11.6. The van der Waals surface area contributed by atoms with Crippen molar-refractivity contribution in [1.29, 1.82) is 0 Å². The fraction of sp³-hybridized carbons (Fsp3) is 0.429. The maximum absolute atomic E-state index is 11.6. The maximum Gasteiger partial charge on any atom is 0.341 e. The largest absolute Gasteiger partial charge is 0.465 e. The molecule has 2 aromatic rings. The van der Waals surface area contributed by atoms with Gasteiger partial charge in [-0.1, -0.05) is 13.8 Å². The van der Waals surface area contributed by atoms with Crippen molar-refractivity contribution in [3.05, 3.63) is 35.8 Å². The zero-order chi connectivity index (χ0) is 13.8. The van der Waals surface area contributed by atoms with Crippen molar-refractivity contribution in [1.82, 2.24) is 14.7 Å².